The Bertz CT molecular complexity index is 1890. The molecule has 6 rings (SSSR count). The number of carbonyl (C=O) groups is 1. The van der Waals surface area contributed by atoms with E-state index < -0.39 is 18.4 Å². The van der Waals surface area contributed by atoms with E-state index in [0.717, 1.165) is 0 Å². The van der Waals surface area contributed by atoms with Crippen LogP contribution in [0.15, 0.2) is 70.5 Å². The summed E-state index contributed by atoms with van der Waals surface area (Å²) in [5.41, 5.74) is 2.11. The van der Waals surface area contributed by atoms with Crippen molar-refractivity contribution in [2.24, 2.45) is 5.92 Å². The number of nitrogens with one attached hydrogen (secondary N) is 1. The number of hydrogen-bond donors (Lipinski definition) is 1. The van der Waals surface area contributed by atoms with E-state index in [0.29, 0.717) is 57.0 Å². The SMILES string of the molecule is C[C@@H]1CCC[C@H](c2coc(-c3cc(Cl)ccc3-n3cc(Cl)nn3)cc2=O)c2cc(ccn2)-c2c(cnn2C(F)F)NC1=O. The van der Waals surface area contributed by atoms with Crippen molar-refractivity contribution < 1.29 is 18.0 Å². The molecule has 14 heteroatoms. The van der Waals surface area contributed by atoms with E-state index in [9.17, 15) is 18.4 Å². The van der Waals surface area contributed by atoms with Gasteiger partial charge < -0.3 is 9.73 Å². The molecule has 220 valence electrons. The number of fused-ring (bicyclic) bond motifs is 4. The van der Waals surface area contributed by atoms with E-state index in [1.807, 2.05) is 0 Å². The average molecular weight is 626 g/mol. The van der Waals surface area contributed by atoms with Crippen LogP contribution < -0.4 is 10.7 Å². The van der Waals surface area contributed by atoms with Crippen molar-refractivity contribution in [1.82, 2.24) is 29.8 Å². The molecule has 4 aromatic heterocycles. The summed E-state index contributed by atoms with van der Waals surface area (Å²) in [6.07, 6.45) is 7.12. The third-order valence-corrected chi connectivity index (χ3v) is 7.81. The van der Waals surface area contributed by atoms with Gasteiger partial charge in [-0.3, -0.25) is 14.6 Å². The highest BCUT2D eigenvalue weighted by Gasteiger charge is 2.27. The van der Waals surface area contributed by atoms with Gasteiger partial charge in [-0.1, -0.05) is 41.8 Å². The Hall–Kier alpha value is -4.42. The minimum absolute atomic E-state index is 0.0441. The molecule has 1 aromatic carbocycles. The first-order valence-corrected chi connectivity index (χ1v) is 14.1. The fraction of sp³-hybridized carbons (Fsp3) is 0.241. The maximum atomic E-state index is 13.9. The molecule has 1 amide bonds. The first-order chi connectivity index (χ1) is 20.7. The zero-order valence-electron chi connectivity index (χ0n) is 22.5. The van der Waals surface area contributed by atoms with Crippen molar-refractivity contribution in [3.8, 4) is 28.3 Å². The molecule has 0 spiro atoms. The molecule has 2 bridgehead atoms. The van der Waals surface area contributed by atoms with E-state index in [1.54, 1.807) is 37.3 Å². The number of alkyl halides is 2. The molecule has 1 aliphatic heterocycles. The topological polar surface area (TPSA) is 121 Å². The highest BCUT2D eigenvalue weighted by Crippen LogP contribution is 2.37. The number of pyridine rings is 1. The lowest BCUT2D eigenvalue weighted by Crippen LogP contribution is -2.22. The Morgan fingerprint density at radius 1 is 1.12 bits per heavy atom. The molecule has 0 saturated heterocycles. The van der Waals surface area contributed by atoms with Gasteiger partial charge in [0.2, 0.25) is 5.91 Å². The van der Waals surface area contributed by atoms with Gasteiger partial charge in [-0.15, -0.1) is 5.10 Å². The van der Waals surface area contributed by atoms with E-state index >= 15 is 0 Å². The van der Waals surface area contributed by atoms with Crippen LogP contribution >= 0.6 is 23.2 Å². The molecule has 10 nitrogen and oxygen atoms in total. The number of amides is 1. The fourth-order valence-corrected chi connectivity index (χ4v) is 5.54. The van der Waals surface area contributed by atoms with Gasteiger partial charge in [-0.25, -0.2) is 9.36 Å². The Morgan fingerprint density at radius 2 is 1.95 bits per heavy atom. The van der Waals surface area contributed by atoms with Crippen LogP contribution in [0.3, 0.4) is 0 Å². The summed E-state index contributed by atoms with van der Waals surface area (Å²) in [6, 6.07) is 9.57. The molecule has 0 fully saturated rings. The van der Waals surface area contributed by atoms with Gasteiger partial charge in [0.15, 0.2) is 10.6 Å². The van der Waals surface area contributed by atoms with Crippen LogP contribution in [0.5, 0.6) is 0 Å². The van der Waals surface area contributed by atoms with Crippen LogP contribution in [0.25, 0.3) is 28.3 Å². The third kappa shape index (κ3) is 5.67. The van der Waals surface area contributed by atoms with Gasteiger partial charge in [0.25, 0.3) is 0 Å². The first kappa shape index (κ1) is 28.7. The second-order valence-electron chi connectivity index (χ2n) is 10.2. The number of hydrogen-bond acceptors (Lipinski definition) is 7. The first-order valence-electron chi connectivity index (χ1n) is 13.3. The lowest BCUT2D eigenvalue weighted by molar-refractivity contribution is -0.119. The molecule has 0 unspecified atom stereocenters. The van der Waals surface area contributed by atoms with Crippen LogP contribution in [-0.2, 0) is 4.79 Å². The van der Waals surface area contributed by atoms with Crippen LogP contribution in [0, 0.1) is 5.92 Å². The van der Waals surface area contributed by atoms with Crippen molar-refractivity contribution in [2.75, 3.05) is 5.32 Å². The molecule has 0 aliphatic carbocycles. The standard InChI is InChI=1S/C29H23Cl2F2N7O3/c1-15-3-2-4-18(21-9-16(7-8-34-21)27-22(36-28(15)42)12-35-40(27)29(32)33)20-14-43-25(11-24(20)41)19-10-17(30)5-6-23(19)39-13-26(31)37-38-39/h5-15,18,29H,2-4H2,1H3,(H,36,42)/t15-,18-/m1/s1. The van der Waals surface area contributed by atoms with E-state index in [-0.39, 0.29) is 33.6 Å². The molecular formula is C29H23Cl2F2N7O3. The highest BCUT2D eigenvalue weighted by molar-refractivity contribution is 6.31. The predicted molar refractivity (Wildman–Crippen MR) is 156 cm³/mol. The van der Waals surface area contributed by atoms with E-state index in [4.69, 9.17) is 27.6 Å². The van der Waals surface area contributed by atoms with Gasteiger partial charge in [0.1, 0.15) is 5.76 Å². The summed E-state index contributed by atoms with van der Waals surface area (Å²) in [7, 11) is 0. The third-order valence-electron chi connectivity index (χ3n) is 7.40. The minimum Gasteiger partial charge on any atom is -0.464 e. The Kier molecular flexibility index (Phi) is 7.80. The van der Waals surface area contributed by atoms with Gasteiger partial charge >= 0.3 is 6.55 Å². The average Bonchev–Trinajstić information content (AvgIpc) is 3.61. The monoisotopic (exact) mass is 625 g/mol. The number of halogens is 4. The van der Waals surface area contributed by atoms with Gasteiger partial charge in [-0.2, -0.15) is 13.9 Å². The van der Waals surface area contributed by atoms with E-state index in [2.05, 4.69) is 25.7 Å². The van der Waals surface area contributed by atoms with Crippen LogP contribution in [-0.4, -0.2) is 35.7 Å². The molecular weight excluding hydrogens is 603 g/mol. The summed E-state index contributed by atoms with van der Waals surface area (Å²) >= 11 is 12.2. The lowest BCUT2D eigenvalue weighted by Gasteiger charge is -2.20. The summed E-state index contributed by atoms with van der Waals surface area (Å²) in [5, 5.41) is 15.0. The quantitative estimate of drug-likeness (QED) is 0.235. The highest BCUT2D eigenvalue weighted by atomic mass is 35.5. The number of anilines is 1. The number of benzene rings is 1. The Labute approximate surface area is 253 Å². The Morgan fingerprint density at radius 3 is 2.70 bits per heavy atom. The second kappa shape index (κ2) is 11.7. The zero-order chi connectivity index (χ0) is 30.2. The number of nitrogens with zero attached hydrogens (tertiary/aromatic N) is 6. The van der Waals surface area contributed by atoms with E-state index in [1.165, 1.54) is 35.6 Å². The van der Waals surface area contributed by atoms with Crippen LogP contribution in [0.4, 0.5) is 14.5 Å². The maximum absolute atomic E-state index is 13.9. The van der Waals surface area contributed by atoms with Crippen molar-refractivity contribution in [1.29, 1.82) is 0 Å². The summed E-state index contributed by atoms with van der Waals surface area (Å²) in [4.78, 5) is 31.1. The normalized spacial score (nSPS) is 17.2. The predicted octanol–water partition coefficient (Wildman–Crippen LogP) is 6.74. The molecule has 5 heterocycles. The fourth-order valence-electron chi connectivity index (χ4n) is 5.24. The van der Waals surface area contributed by atoms with Gasteiger partial charge in [0.05, 0.1) is 35.7 Å². The molecule has 0 radical (unpaired) electrons. The molecule has 0 saturated carbocycles. The second-order valence-corrected chi connectivity index (χ2v) is 11.0. The summed E-state index contributed by atoms with van der Waals surface area (Å²) in [5.74, 6) is -1.03. The summed E-state index contributed by atoms with van der Waals surface area (Å²) in [6.45, 7) is -1.18. The zero-order valence-corrected chi connectivity index (χ0v) is 24.1. The number of rotatable bonds is 4. The van der Waals surface area contributed by atoms with Crippen molar-refractivity contribution in [2.45, 2.75) is 38.7 Å². The van der Waals surface area contributed by atoms with Crippen molar-refractivity contribution in [3.63, 3.8) is 0 Å². The van der Waals surface area contributed by atoms with Gasteiger partial charge in [-0.05, 0) is 43.2 Å². The van der Waals surface area contributed by atoms with Crippen LogP contribution in [0.2, 0.25) is 10.2 Å². The lowest BCUT2D eigenvalue weighted by atomic mass is 9.88. The number of aromatic nitrogens is 6. The maximum Gasteiger partial charge on any atom is 0.333 e. The summed E-state index contributed by atoms with van der Waals surface area (Å²) < 4.78 is 35.8. The molecule has 1 aliphatic rings. The smallest absolute Gasteiger partial charge is 0.333 e. The Balaban J connectivity index is 1.45. The molecule has 5 aromatic rings. The molecule has 1 N–H and O–H groups in total. The van der Waals surface area contributed by atoms with Crippen LogP contribution in [0.1, 0.15) is 49.9 Å². The van der Waals surface area contributed by atoms with Crippen molar-refractivity contribution >= 4 is 34.8 Å². The minimum atomic E-state index is -2.94. The molecule has 43 heavy (non-hydrogen) atoms. The molecule has 2 atom stereocenters. The van der Waals surface area contributed by atoms with Gasteiger partial charge in [0, 0.05) is 51.5 Å². The largest absolute Gasteiger partial charge is 0.464 e. The van der Waals surface area contributed by atoms with Crippen molar-refractivity contribution in [3.05, 3.63) is 92.9 Å². The number of carbonyl (C=O) groups excluding carboxylic acids is 1.